The number of aromatic amines is 1. The summed E-state index contributed by atoms with van der Waals surface area (Å²) >= 11 is 0. The molecule has 0 fully saturated rings. The summed E-state index contributed by atoms with van der Waals surface area (Å²) in [6.45, 7) is 3.14. The van der Waals surface area contributed by atoms with Crippen molar-refractivity contribution >= 4 is 16.8 Å². The highest BCUT2D eigenvalue weighted by molar-refractivity contribution is 5.86. The number of hydrogen-bond donors (Lipinski definition) is 2. The van der Waals surface area contributed by atoms with Gasteiger partial charge in [-0.05, 0) is 24.1 Å². The Morgan fingerprint density at radius 2 is 1.97 bits per heavy atom. The van der Waals surface area contributed by atoms with Crippen molar-refractivity contribution in [3.8, 4) is 11.5 Å². The number of unbranched alkanes of at least 4 members (excludes halogenated alkanes) is 3. The van der Waals surface area contributed by atoms with Crippen molar-refractivity contribution in [1.29, 1.82) is 0 Å². The first-order chi connectivity index (χ1) is 14.3. The second-order valence-corrected chi connectivity index (χ2v) is 7.54. The van der Waals surface area contributed by atoms with Crippen molar-refractivity contribution in [2.45, 2.75) is 44.9 Å². The summed E-state index contributed by atoms with van der Waals surface area (Å²) in [6, 6.07) is 14.1. The molecule has 5 nitrogen and oxygen atoms in total. The summed E-state index contributed by atoms with van der Waals surface area (Å²) in [5.74, 6) is 1.44. The van der Waals surface area contributed by atoms with Gasteiger partial charge in [-0.2, -0.15) is 0 Å². The lowest BCUT2D eigenvalue weighted by Gasteiger charge is -2.19. The number of nitrogens with one attached hydrogen (secondary N) is 2. The van der Waals surface area contributed by atoms with Crippen molar-refractivity contribution in [2.24, 2.45) is 0 Å². The Hall–Kier alpha value is -2.95. The topological polar surface area (TPSA) is 63.4 Å². The normalized spacial score (nSPS) is 13.6. The average Bonchev–Trinajstić information content (AvgIpc) is 3.39. The Labute approximate surface area is 171 Å². The molecule has 5 heteroatoms. The van der Waals surface area contributed by atoms with E-state index < -0.39 is 0 Å². The standard InChI is InChI=1S/C24H28N2O3/c1-2-3-4-7-13-25-23(27)14-19(18-10-8-12-22-24(18)29-16-28-22)20-15-26-21-11-6-5-9-17(20)21/h5-6,8-12,15,19,26H,2-4,7,13-14,16H2,1H3,(H,25,27)/t19-/m1/s1. The van der Waals surface area contributed by atoms with Gasteiger partial charge in [-0.3, -0.25) is 4.79 Å². The van der Waals surface area contributed by atoms with E-state index in [-0.39, 0.29) is 18.6 Å². The van der Waals surface area contributed by atoms with E-state index in [2.05, 4.69) is 29.4 Å². The third kappa shape index (κ3) is 4.24. The monoisotopic (exact) mass is 392 g/mol. The van der Waals surface area contributed by atoms with Crippen LogP contribution in [-0.2, 0) is 4.79 Å². The van der Waals surface area contributed by atoms with Crippen LogP contribution in [0, 0.1) is 0 Å². The number of fused-ring (bicyclic) bond motifs is 2. The van der Waals surface area contributed by atoms with Crippen molar-refractivity contribution in [3.63, 3.8) is 0 Å². The Balaban J connectivity index is 1.60. The highest BCUT2D eigenvalue weighted by Gasteiger charge is 2.28. The Kier molecular flexibility index (Phi) is 6.03. The highest BCUT2D eigenvalue weighted by Crippen LogP contribution is 2.44. The molecule has 1 aliphatic rings. The molecule has 4 rings (SSSR count). The van der Waals surface area contributed by atoms with Crippen LogP contribution in [0.3, 0.4) is 0 Å². The minimum Gasteiger partial charge on any atom is -0.454 e. The van der Waals surface area contributed by atoms with Crippen LogP contribution in [0.25, 0.3) is 10.9 Å². The molecule has 0 aliphatic carbocycles. The molecule has 0 spiro atoms. The number of ether oxygens (including phenoxy) is 2. The highest BCUT2D eigenvalue weighted by atomic mass is 16.7. The number of H-pyrrole nitrogens is 1. The van der Waals surface area contributed by atoms with Gasteiger partial charge in [0.15, 0.2) is 11.5 Å². The quantitative estimate of drug-likeness (QED) is 0.497. The number of hydrogen-bond acceptors (Lipinski definition) is 3. The minimum atomic E-state index is -0.113. The zero-order valence-electron chi connectivity index (χ0n) is 16.9. The molecule has 0 radical (unpaired) electrons. The van der Waals surface area contributed by atoms with E-state index in [9.17, 15) is 4.79 Å². The first-order valence-corrected chi connectivity index (χ1v) is 10.5. The molecular formula is C24H28N2O3. The molecule has 1 aliphatic heterocycles. The third-order valence-electron chi connectivity index (χ3n) is 5.54. The van der Waals surface area contributed by atoms with E-state index in [0.29, 0.717) is 6.42 Å². The number of aromatic nitrogens is 1. The summed E-state index contributed by atoms with van der Waals surface area (Å²) in [7, 11) is 0. The fraction of sp³-hybridized carbons (Fsp3) is 0.375. The van der Waals surface area contributed by atoms with E-state index in [1.54, 1.807) is 0 Å². The number of rotatable bonds is 9. The van der Waals surface area contributed by atoms with Crippen molar-refractivity contribution in [3.05, 3.63) is 59.8 Å². The van der Waals surface area contributed by atoms with Gasteiger partial charge in [0.05, 0.1) is 0 Å². The molecule has 2 aromatic carbocycles. The summed E-state index contributed by atoms with van der Waals surface area (Å²) in [4.78, 5) is 16.1. The molecule has 29 heavy (non-hydrogen) atoms. The van der Waals surface area contributed by atoms with Crippen LogP contribution >= 0.6 is 0 Å². The van der Waals surface area contributed by atoms with Gasteiger partial charge >= 0.3 is 0 Å². The van der Waals surface area contributed by atoms with Crippen molar-refractivity contribution in [2.75, 3.05) is 13.3 Å². The van der Waals surface area contributed by atoms with Crippen LogP contribution in [0.1, 0.15) is 56.1 Å². The lowest BCUT2D eigenvalue weighted by atomic mass is 9.87. The van der Waals surface area contributed by atoms with Crippen molar-refractivity contribution in [1.82, 2.24) is 10.3 Å². The first kappa shape index (κ1) is 19.4. The number of amides is 1. The predicted octanol–water partition coefficient (Wildman–Crippen LogP) is 5.12. The predicted molar refractivity (Wildman–Crippen MR) is 114 cm³/mol. The minimum absolute atomic E-state index is 0.0632. The van der Waals surface area contributed by atoms with E-state index in [4.69, 9.17) is 9.47 Å². The molecule has 0 saturated carbocycles. The lowest BCUT2D eigenvalue weighted by Crippen LogP contribution is -2.26. The molecule has 2 N–H and O–H groups in total. The van der Waals surface area contributed by atoms with Gasteiger partial charge in [0.25, 0.3) is 0 Å². The van der Waals surface area contributed by atoms with Crippen LogP contribution < -0.4 is 14.8 Å². The maximum absolute atomic E-state index is 12.8. The van der Waals surface area contributed by atoms with Crippen LogP contribution in [0.15, 0.2) is 48.7 Å². The fourth-order valence-electron chi connectivity index (χ4n) is 4.03. The van der Waals surface area contributed by atoms with Gasteiger partial charge in [-0.15, -0.1) is 0 Å². The summed E-state index contributed by atoms with van der Waals surface area (Å²) in [5.41, 5.74) is 3.16. The summed E-state index contributed by atoms with van der Waals surface area (Å²) in [6.07, 6.45) is 6.96. The molecule has 1 amide bonds. The SMILES string of the molecule is CCCCCCNC(=O)C[C@H](c1cccc2c1OCO2)c1c[nH]c2ccccc12. The maximum Gasteiger partial charge on any atom is 0.231 e. The lowest BCUT2D eigenvalue weighted by molar-refractivity contribution is -0.121. The smallest absolute Gasteiger partial charge is 0.231 e. The van der Waals surface area contributed by atoms with E-state index >= 15 is 0 Å². The molecule has 2 heterocycles. The van der Waals surface area contributed by atoms with Gasteiger partial charge in [0.2, 0.25) is 12.7 Å². The molecule has 0 bridgehead atoms. The molecule has 3 aromatic rings. The van der Waals surface area contributed by atoms with E-state index in [1.165, 1.54) is 12.8 Å². The van der Waals surface area contributed by atoms with Gasteiger partial charge in [0, 0.05) is 41.5 Å². The summed E-state index contributed by atoms with van der Waals surface area (Å²) < 4.78 is 11.3. The van der Waals surface area contributed by atoms with Gasteiger partial charge in [-0.25, -0.2) is 0 Å². The van der Waals surface area contributed by atoms with Gasteiger partial charge in [0.1, 0.15) is 0 Å². The second-order valence-electron chi connectivity index (χ2n) is 7.54. The maximum atomic E-state index is 12.8. The molecule has 152 valence electrons. The largest absolute Gasteiger partial charge is 0.454 e. The number of benzene rings is 2. The Morgan fingerprint density at radius 1 is 1.07 bits per heavy atom. The molecule has 1 atom stereocenters. The van der Waals surface area contributed by atoms with E-state index in [0.717, 1.165) is 52.9 Å². The number of para-hydroxylation sites is 2. The number of carbonyl (C=O) groups excluding carboxylic acids is 1. The Morgan fingerprint density at radius 3 is 2.86 bits per heavy atom. The van der Waals surface area contributed by atoms with Gasteiger partial charge in [-0.1, -0.05) is 56.5 Å². The fourth-order valence-corrected chi connectivity index (χ4v) is 4.03. The van der Waals surface area contributed by atoms with Crippen LogP contribution in [0.5, 0.6) is 11.5 Å². The van der Waals surface area contributed by atoms with Crippen LogP contribution in [0.4, 0.5) is 0 Å². The van der Waals surface area contributed by atoms with Crippen molar-refractivity contribution < 1.29 is 14.3 Å². The second kappa shape index (κ2) is 9.03. The number of carbonyl (C=O) groups is 1. The van der Waals surface area contributed by atoms with Crippen LogP contribution in [0.2, 0.25) is 0 Å². The van der Waals surface area contributed by atoms with E-state index in [1.807, 2.05) is 36.5 Å². The average molecular weight is 392 g/mol. The summed E-state index contributed by atoms with van der Waals surface area (Å²) in [5, 5.41) is 4.23. The molecule has 0 unspecified atom stereocenters. The zero-order valence-corrected chi connectivity index (χ0v) is 16.9. The first-order valence-electron chi connectivity index (χ1n) is 10.5. The molecule has 0 saturated heterocycles. The zero-order chi connectivity index (χ0) is 20.1. The molecular weight excluding hydrogens is 364 g/mol. The van der Waals surface area contributed by atoms with Crippen LogP contribution in [-0.4, -0.2) is 24.2 Å². The van der Waals surface area contributed by atoms with Gasteiger partial charge < -0.3 is 19.8 Å². The molecule has 1 aromatic heterocycles. The Bertz CT molecular complexity index is 979. The third-order valence-corrected chi connectivity index (χ3v) is 5.54.